The topological polar surface area (TPSA) is 103 Å². The number of Topliss-reactive ketones (excluding diaryl/α,β-unsaturated/α-hetero) is 1. The number of amides is 1. The van der Waals surface area contributed by atoms with Crippen molar-refractivity contribution in [3.63, 3.8) is 0 Å². The van der Waals surface area contributed by atoms with Crippen molar-refractivity contribution in [2.75, 3.05) is 6.54 Å². The summed E-state index contributed by atoms with van der Waals surface area (Å²) in [7, 11) is 0. The molecule has 0 saturated carbocycles. The molecular weight excluding hydrogens is 458 g/mol. The second kappa shape index (κ2) is 9.73. The molecule has 1 aromatic heterocycles. The van der Waals surface area contributed by atoms with Gasteiger partial charge in [0.25, 0.3) is 11.5 Å². The number of hydrogen-bond acceptors (Lipinski definition) is 7. The van der Waals surface area contributed by atoms with Crippen LogP contribution in [0, 0.1) is 31.1 Å². The van der Waals surface area contributed by atoms with Crippen LogP contribution in [0.5, 0.6) is 5.88 Å². The van der Waals surface area contributed by atoms with Gasteiger partial charge in [0, 0.05) is 6.54 Å². The van der Waals surface area contributed by atoms with E-state index in [0.29, 0.717) is 4.91 Å². The molecule has 2 aromatic rings. The Balaban J connectivity index is 1.95. The van der Waals surface area contributed by atoms with Crippen LogP contribution in [-0.4, -0.2) is 37.1 Å². The van der Waals surface area contributed by atoms with Crippen LogP contribution < -0.4 is 5.56 Å². The van der Waals surface area contributed by atoms with Gasteiger partial charge in [0.1, 0.15) is 16.0 Å². The maximum absolute atomic E-state index is 13.2. The fourth-order valence-corrected chi connectivity index (χ4v) is 4.75. The summed E-state index contributed by atoms with van der Waals surface area (Å²) in [5.41, 5.74) is 1.01. The zero-order valence-electron chi connectivity index (χ0n) is 18.7. The number of hydrogen-bond donors (Lipinski definition) is 1. The van der Waals surface area contributed by atoms with Gasteiger partial charge in [-0.25, -0.2) is 0 Å². The Labute approximate surface area is 201 Å². The number of thioether (sulfide) groups is 1. The molecule has 1 aliphatic heterocycles. The number of aromatic hydroxyl groups is 1. The molecule has 0 unspecified atom stereocenters. The van der Waals surface area contributed by atoms with E-state index in [-0.39, 0.29) is 33.5 Å². The summed E-state index contributed by atoms with van der Waals surface area (Å²) in [5, 5.41) is 20.2. The number of nitrogens with zero attached hydrogens (tertiary/aromatic N) is 3. The normalized spacial score (nSPS) is 14.9. The SMILES string of the molecule is Cc1ccc(/C=C2\SC(=S)N(CC(=O)c3c(C)c(C#N)c(=O)n(CC(C)C)c3O)C2=O)cc1. The second-order valence-electron chi connectivity index (χ2n) is 8.22. The number of carbonyl (C=O) groups excluding carboxylic acids is 2. The summed E-state index contributed by atoms with van der Waals surface area (Å²) in [4.78, 5) is 40.3. The van der Waals surface area contributed by atoms with E-state index in [1.165, 1.54) is 11.8 Å². The minimum atomic E-state index is -0.649. The van der Waals surface area contributed by atoms with Crippen LogP contribution in [0.4, 0.5) is 0 Å². The Morgan fingerprint density at radius 1 is 1.24 bits per heavy atom. The van der Waals surface area contributed by atoms with Crippen LogP contribution in [0.1, 0.15) is 46.5 Å². The fraction of sp³-hybridized carbons (Fsp3) is 0.292. The minimum absolute atomic E-state index is 0.00981. The summed E-state index contributed by atoms with van der Waals surface area (Å²) in [6.45, 7) is 6.83. The quantitative estimate of drug-likeness (QED) is 0.380. The molecule has 1 aromatic carbocycles. The zero-order chi connectivity index (χ0) is 24.4. The molecule has 1 saturated heterocycles. The number of ketones is 1. The fourth-order valence-electron chi connectivity index (χ4n) is 3.49. The Hall–Kier alpha value is -3.22. The molecule has 1 N–H and O–H groups in total. The monoisotopic (exact) mass is 481 g/mol. The molecule has 0 radical (unpaired) electrons. The Kier molecular flexibility index (Phi) is 7.20. The lowest BCUT2D eigenvalue weighted by Crippen LogP contribution is -2.35. The number of thiocarbonyl (C=S) groups is 1. The average Bonchev–Trinajstić information content (AvgIpc) is 3.00. The van der Waals surface area contributed by atoms with Crippen molar-refractivity contribution in [2.45, 2.75) is 34.2 Å². The highest BCUT2D eigenvalue weighted by Gasteiger charge is 2.35. The molecule has 7 nitrogen and oxygen atoms in total. The van der Waals surface area contributed by atoms with Crippen molar-refractivity contribution >= 4 is 46.1 Å². The third-order valence-corrected chi connectivity index (χ3v) is 6.55. The lowest BCUT2D eigenvalue weighted by molar-refractivity contribution is -0.121. The third kappa shape index (κ3) is 4.92. The summed E-state index contributed by atoms with van der Waals surface area (Å²) < 4.78 is 1.25. The first-order valence-corrected chi connectivity index (χ1v) is 11.5. The first kappa shape index (κ1) is 24.4. The van der Waals surface area contributed by atoms with Gasteiger partial charge in [0.05, 0.1) is 17.0 Å². The van der Waals surface area contributed by atoms with Crippen LogP contribution >= 0.6 is 24.0 Å². The predicted octanol–water partition coefficient (Wildman–Crippen LogP) is 3.78. The van der Waals surface area contributed by atoms with Gasteiger partial charge in [-0.2, -0.15) is 5.26 Å². The van der Waals surface area contributed by atoms with Crippen LogP contribution in [0.25, 0.3) is 6.08 Å². The number of aryl methyl sites for hydroxylation is 1. The Morgan fingerprint density at radius 3 is 2.45 bits per heavy atom. The van der Waals surface area contributed by atoms with Crippen molar-refractivity contribution < 1.29 is 14.7 Å². The van der Waals surface area contributed by atoms with E-state index >= 15 is 0 Å². The highest BCUT2D eigenvalue weighted by atomic mass is 32.2. The van der Waals surface area contributed by atoms with Crippen LogP contribution in [0.15, 0.2) is 34.0 Å². The van der Waals surface area contributed by atoms with E-state index < -0.39 is 29.7 Å². The van der Waals surface area contributed by atoms with E-state index in [4.69, 9.17) is 12.2 Å². The average molecular weight is 482 g/mol. The number of benzene rings is 1. The van der Waals surface area contributed by atoms with Crippen molar-refractivity contribution in [1.82, 2.24) is 9.47 Å². The van der Waals surface area contributed by atoms with Crippen molar-refractivity contribution in [3.05, 3.63) is 67.3 Å². The highest BCUT2D eigenvalue weighted by Crippen LogP contribution is 2.33. The summed E-state index contributed by atoms with van der Waals surface area (Å²) in [6, 6.07) is 9.46. The van der Waals surface area contributed by atoms with E-state index in [1.807, 2.05) is 51.1 Å². The Bertz CT molecular complexity index is 1280. The zero-order valence-corrected chi connectivity index (χ0v) is 20.3. The number of nitriles is 1. The molecule has 2 heterocycles. The standard InChI is InChI=1S/C24H23N3O4S2/c1-13(2)11-26-21(29)17(10-25)15(4)20(23(26)31)18(28)12-27-22(30)19(33-24(27)32)9-16-7-5-14(3)6-8-16/h5-9,13,31H,11-12H2,1-4H3/b19-9-. The van der Waals surface area contributed by atoms with Gasteiger partial charge in [-0.3, -0.25) is 23.9 Å². The van der Waals surface area contributed by atoms with Gasteiger partial charge in [0.15, 0.2) is 5.78 Å². The second-order valence-corrected chi connectivity index (χ2v) is 9.90. The van der Waals surface area contributed by atoms with Gasteiger partial charge >= 0.3 is 0 Å². The van der Waals surface area contributed by atoms with Gasteiger partial charge in [-0.15, -0.1) is 0 Å². The van der Waals surface area contributed by atoms with Gasteiger partial charge in [-0.1, -0.05) is 67.7 Å². The maximum atomic E-state index is 13.2. The molecule has 170 valence electrons. The maximum Gasteiger partial charge on any atom is 0.271 e. The van der Waals surface area contributed by atoms with E-state index in [1.54, 1.807) is 6.08 Å². The summed E-state index contributed by atoms with van der Waals surface area (Å²) in [6.07, 6.45) is 1.71. The van der Waals surface area contributed by atoms with Crippen molar-refractivity contribution in [2.24, 2.45) is 5.92 Å². The molecule has 1 fully saturated rings. The van der Waals surface area contributed by atoms with Crippen molar-refractivity contribution in [3.8, 4) is 11.9 Å². The lowest BCUT2D eigenvalue weighted by Gasteiger charge is -2.19. The van der Waals surface area contributed by atoms with Gasteiger partial charge < -0.3 is 5.11 Å². The molecule has 3 rings (SSSR count). The van der Waals surface area contributed by atoms with Crippen molar-refractivity contribution in [1.29, 1.82) is 5.26 Å². The first-order chi connectivity index (χ1) is 15.5. The van der Waals surface area contributed by atoms with E-state index in [9.17, 15) is 24.8 Å². The summed E-state index contributed by atoms with van der Waals surface area (Å²) in [5.74, 6) is -1.53. The molecule has 0 aliphatic carbocycles. The number of aromatic nitrogens is 1. The van der Waals surface area contributed by atoms with Crippen LogP contribution in [0.3, 0.4) is 0 Å². The van der Waals surface area contributed by atoms with Crippen LogP contribution in [0.2, 0.25) is 0 Å². The number of rotatable bonds is 6. The largest absolute Gasteiger partial charge is 0.494 e. The van der Waals surface area contributed by atoms with Gasteiger partial charge in [0.2, 0.25) is 5.88 Å². The lowest BCUT2D eigenvalue weighted by atomic mass is 10.0. The van der Waals surface area contributed by atoms with E-state index in [2.05, 4.69) is 0 Å². The molecule has 0 spiro atoms. The molecular formula is C24H23N3O4S2. The highest BCUT2D eigenvalue weighted by molar-refractivity contribution is 8.26. The Morgan fingerprint density at radius 2 is 1.88 bits per heavy atom. The molecule has 1 amide bonds. The van der Waals surface area contributed by atoms with Gasteiger partial charge in [-0.05, 0) is 37.0 Å². The third-order valence-electron chi connectivity index (χ3n) is 5.18. The molecule has 0 atom stereocenters. The summed E-state index contributed by atoms with van der Waals surface area (Å²) >= 11 is 6.42. The molecule has 33 heavy (non-hydrogen) atoms. The van der Waals surface area contributed by atoms with E-state index in [0.717, 1.165) is 27.5 Å². The van der Waals surface area contributed by atoms with Crippen LogP contribution in [-0.2, 0) is 11.3 Å². The smallest absolute Gasteiger partial charge is 0.271 e. The predicted molar refractivity (Wildman–Crippen MR) is 132 cm³/mol. The number of pyridine rings is 1. The molecule has 1 aliphatic rings. The molecule has 0 bridgehead atoms. The molecule has 9 heteroatoms. The first-order valence-electron chi connectivity index (χ1n) is 10.3. The minimum Gasteiger partial charge on any atom is -0.494 e. The number of carbonyl (C=O) groups is 2.